The Hall–Kier alpha value is -2.80. The first-order valence-electron chi connectivity index (χ1n) is 14.1. The molecular formula is C24H34O25. The molecule has 0 amide bonds. The summed E-state index contributed by atoms with van der Waals surface area (Å²) in [5.41, 5.74) is 0. The smallest absolute Gasteiger partial charge is 0.335 e. The third-order valence-corrected chi connectivity index (χ3v) is 8.07. The normalized spacial score (nSPS) is 49.2. The van der Waals surface area contributed by atoms with Crippen molar-refractivity contribution in [2.24, 2.45) is 0 Å². The molecule has 14 N–H and O–H groups in total. The van der Waals surface area contributed by atoms with Crippen LogP contribution in [0.25, 0.3) is 0 Å². The van der Waals surface area contributed by atoms with E-state index in [2.05, 4.69) is 4.74 Å². The number of rotatable bonds is 10. The fourth-order valence-corrected chi connectivity index (χ4v) is 5.43. The summed E-state index contributed by atoms with van der Waals surface area (Å²) >= 11 is 0. The molecule has 4 rings (SSSR count). The number of aliphatic hydroxyl groups is 10. The Balaban J connectivity index is 1.51. The predicted octanol–water partition coefficient (Wildman–Crippen LogP) is -9.38. The maximum absolute atomic E-state index is 12.1. The molecule has 4 aliphatic heterocycles. The van der Waals surface area contributed by atoms with Gasteiger partial charge in [0.15, 0.2) is 49.6 Å². The molecule has 4 fully saturated rings. The summed E-state index contributed by atoms with van der Waals surface area (Å²) in [4.78, 5) is 47.1. The second kappa shape index (κ2) is 15.2. The van der Waals surface area contributed by atoms with E-state index < -0.39 is 147 Å². The zero-order valence-electron chi connectivity index (χ0n) is 24.3. The summed E-state index contributed by atoms with van der Waals surface area (Å²) in [6, 6.07) is 0. The third kappa shape index (κ3) is 7.62. The monoisotopic (exact) mass is 722 g/mol. The fourth-order valence-electron chi connectivity index (χ4n) is 5.43. The average Bonchev–Trinajstić information content (AvgIpc) is 3.03. The quantitative estimate of drug-likeness (QED) is 0.0995. The molecule has 20 atom stereocenters. The number of carbonyl (C=O) groups is 4. The Kier molecular flexibility index (Phi) is 12.1. The maximum Gasteiger partial charge on any atom is 0.335 e. The number of ether oxygens (including phenoxy) is 7. The minimum Gasteiger partial charge on any atom is -0.479 e. The molecule has 280 valence electrons. The zero-order valence-corrected chi connectivity index (χ0v) is 24.3. The van der Waals surface area contributed by atoms with Crippen LogP contribution in [0, 0.1) is 0 Å². The molecule has 0 aromatic heterocycles. The van der Waals surface area contributed by atoms with E-state index in [4.69, 9.17) is 28.4 Å². The second-order valence-electron chi connectivity index (χ2n) is 11.3. The Morgan fingerprint density at radius 2 is 0.633 bits per heavy atom. The largest absolute Gasteiger partial charge is 0.479 e. The van der Waals surface area contributed by atoms with Crippen molar-refractivity contribution in [1.29, 1.82) is 0 Å². The Labute approximate surface area is 271 Å². The van der Waals surface area contributed by atoms with Crippen LogP contribution in [0.5, 0.6) is 0 Å². The molecule has 0 aromatic carbocycles. The van der Waals surface area contributed by atoms with Gasteiger partial charge in [-0.2, -0.15) is 0 Å². The lowest BCUT2D eigenvalue weighted by Crippen LogP contribution is -2.68. The number of carboxylic acid groups (broad SMARTS) is 4. The molecule has 0 aromatic rings. The van der Waals surface area contributed by atoms with Crippen molar-refractivity contribution in [3.8, 4) is 0 Å². The van der Waals surface area contributed by atoms with Gasteiger partial charge < -0.3 is 105 Å². The Morgan fingerprint density at radius 1 is 0.347 bits per heavy atom. The molecule has 25 nitrogen and oxygen atoms in total. The van der Waals surface area contributed by atoms with E-state index in [1.165, 1.54) is 0 Å². The van der Waals surface area contributed by atoms with Gasteiger partial charge in [0.2, 0.25) is 0 Å². The molecular weight excluding hydrogens is 688 g/mol. The average molecular weight is 723 g/mol. The molecule has 4 heterocycles. The molecule has 4 aliphatic rings. The van der Waals surface area contributed by atoms with Crippen LogP contribution < -0.4 is 0 Å². The highest BCUT2D eigenvalue weighted by Crippen LogP contribution is 2.34. The van der Waals surface area contributed by atoms with Crippen LogP contribution in [0.2, 0.25) is 0 Å². The standard InChI is InChI=1S/C24H34O25/c25-1-2(26)13(17(34)35)47-22(7(1)31)45-11-4(28)9(33)24(49-15(11)19(38)39)46-12-5(29)8(32)23(48-16(12)20(40)41)44-10-3(27)6(30)21(42)43-14(10)18(36)37/h1-16,21-33,42H,(H,34,35)(H,36,37)(H,38,39)(H,40,41)/t1-,2+,3+,4+,5+,6+,7+,8+,9+,10+,11+,12+,13-,14-,15-,16-,21?,22-,23-,24-/m0/s1. The van der Waals surface area contributed by atoms with Crippen LogP contribution in [0.1, 0.15) is 0 Å². The number of aliphatic carboxylic acids is 4. The van der Waals surface area contributed by atoms with Crippen LogP contribution in [-0.4, -0.2) is 218 Å². The van der Waals surface area contributed by atoms with Gasteiger partial charge in [-0.1, -0.05) is 0 Å². The predicted molar refractivity (Wildman–Crippen MR) is 136 cm³/mol. The molecule has 0 bridgehead atoms. The number of carboxylic acids is 4. The highest BCUT2D eigenvalue weighted by Gasteiger charge is 2.58. The van der Waals surface area contributed by atoms with Gasteiger partial charge in [0, 0.05) is 0 Å². The minimum atomic E-state index is -2.43. The molecule has 1 unspecified atom stereocenters. The summed E-state index contributed by atoms with van der Waals surface area (Å²) < 4.78 is 35.3. The molecule has 0 aliphatic carbocycles. The van der Waals surface area contributed by atoms with E-state index in [1.54, 1.807) is 0 Å². The first-order valence-corrected chi connectivity index (χ1v) is 14.1. The highest BCUT2D eigenvalue weighted by molar-refractivity contribution is 5.75. The number of hydrogen-bond acceptors (Lipinski definition) is 21. The molecule has 25 heteroatoms. The van der Waals surface area contributed by atoms with E-state index in [-0.39, 0.29) is 0 Å². The first-order chi connectivity index (χ1) is 22.8. The van der Waals surface area contributed by atoms with E-state index in [1.807, 2.05) is 0 Å². The van der Waals surface area contributed by atoms with Gasteiger partial charge in [-0.15, -0.1) is 0 Å². The van der Waals surface area contributed by atoms with Crippen LogP contribution in [0.4, 0.5) is 0 Å². The summed E-state index contributed by atoms with van der Waals surface area (Å²) in [5.74, 6) is -7.64. The van der Waals surface area contributed by atoms with Gasteiger partial charge in [0.05, 0.1) is 0 Å². The van der Waals surface area contributed by atoms with Gasteiger partial charge >= 0.3 is 23.9 Å². The fraction of sp³-hybridized carbons (Fsp3) is 0.833. The first kappa shape index (κ1) is 39.0. The number of hydrogen-bond donors (Lipinski definition) is 14. The zero-order chi connectivity index (χ0) is 36.8. The summed E-state index contributed by atoms with van der Waals surface area (Å²) in [7, 11) is 0. The van der Waals surface area contributed by atoms with Crippen molar-refractivity contribution < 1.29 is 124 Å². The van der Waals surface area contributed by atoms with Crippen LogP contribution in [0.3, 0.4) is 0 Å². The van der Waals surface area contributed by atoms with Gasteiger partial charge in [-0.25, -0.2) is 19.2 Å². The van der Waals surface area contributed by atoms with Crippen LogP contribution >= 0.6 is 0 Å². The lowest BCUT2D eigenvalue weighted by atomic mass is 9.95. The molecule has 4 saturated heterocycles. The van der Waals surface area contributed by atoms with Crippen molar-refractivity contribution in [2.75, 3.05) is 0 Å². The van der Waals surface area contributed by atoms with E-state index >= 15 is 0 Å². The summed E-state index contributed by atoms with van der Waals surface area (Å²) in [6.07, 6.45) is -45.8. The Bertz CT molecular complexity index is 1220. The van der Waals surface area contributed by atoms with E-state index in [0.29, 0.717) is 0 Å². The van der Waals surface area contributed by atoms with Crippen molar-refractivity contribution in [3.63, 3.8) is 0 Å². The Morgan fingerprint density at radius 3 is 0.980 bits per heavy atom. The second-order valence-corrected chi connectivity index (χ2v) is 11.3. The number of aliphatic hydroxyl groups excluding tert-OH is 10. The lowest BCUT2D eigenvalue weighted by molar-refractivity contribution is -0.378. The third-order valence-electron chi connectivity index (χ3n) is 8.07. The maximum atomic E-state index is 12.1. The molecule has 0 saturated carbocycles. The van der Waals surface area contributed by atoms with Gasteiger partial charge in [0.25, 0.3) is 0 Å². The summed E-state index contributed by atoms with van der Waals surface area (Å²) in [5, 5.41) is 141. The SMILES string of the molecule is O=C(O)[C@H]1O[C@H](O[C@@H]2[C@H](O)[C@@H](O)[C@@H](O[C@@H]3[C@H](O)[C@@H](O)[C@@H](O[C@@H]4[C@H](O)[C@@H](O)C(O)O[C@@H]4C(=O)O)O[C@@H]3C(=O)O)O[C@@H]2C(=O)O)[C@H](O)[C@@H](O)[C@H]1O. The van der Waals surface area contributed by atoms with E-state index in [0.717, 1.165) is 0 Å². The van der Waals surface area contributed by atoms with E-state index in [9.17, 15) is 90.7 Å². The molecule has 0 radical (unpaired) electrons. The van der Waals surface area contributed by atoms with Crippen molar-refractivity contribution in [3.05, 3.63) is 0 Å². The van der Waals surface area contributed by atoms with Crippen molar-refractivity contribution in [2.45, 2.75) is 123 Å². The summed E-state index contributed by atoms with van der Waals surface area (Å²) in [6.45, 7) is 0. The highest BCUT2D eigenvalue weighted by atomic mass is 16.8. The van der Waals surface area contributed by atoms with Gasteiger partial charge in [0.1, 0.15) is 73.2 Å². The lowest BCUT2D eigenvalue weighted by Gasteiger charge is -2.47. The van der Waals surface area contributed by atoms with Crippen molar-refractivity contribution >= 4 is 23.9 Å². The van der Waals surface area contributed by atoms with Gasteiger partial charge in [-0.3, -0.25) is 0 Å². The minimum absolute atomic E-state index is 1.84. The van der Waals surface area contributed by atoms with Crippen LogP contribution in [-0.2, 0) is 52.3 Å². The van der Waals surface area contributed by atoms with Crippen LogP contribution in [0.15, 0.2) is 0 Å². The molecule has 0 spiro atoms. The topological polar surface area (TPSA) is 416 Å². The van der Waals surface area contributed by atoms with Gasteiger partial charge in [-0.05, 0) is 0 Å². The van der Waals surface area contributed by atoms with Crippen molar-refractivity contribution in [1.82, 2.24) is 0 Å². The molecule has 49 heavy (non-hydrogen) atoms.